The minimum atomic E-state index is 0.239. The number of nitrogens with zero attached hydrogens (tertiary/aromatic N) is 1. The summed E-state index contributed by atoms with van der Waals surface area (Å²) in [7, 11) is 1.63. The summed E-state index contributed by atoms with van der Waals surface area (Å²) in [6.45, 7) is 9.13. The molecule has 0 aromatic heterocycles. The van der Waals surface area contributed by atoms with Gasteiger partial charge in [0.05, 0.1) is 13.0 Å². The summed E-state index contributed by atoms with van der Waals surface area (Å²) in [4.78, 5) is 13.7. The van der Waals surface area contributed by atoms with Crippen LogP contribution in [0, 0.1) is 11.3 Å². The minimum Gasteiger partial charge on any atom is -0.384 e. The Hall–Kier alpha value is -0.570. The van der Waals surface area contributed by atoms with E-state index in [0.29, 0.717) is 24.4 Å². The second kappa shape index (κ2) is 4.97. The predicted octanol–water partition coefficient (Wildman–Crippen LogP) is 1.92. The zero-order valence-electron chi connectivity index (χ0n) is 10.4. The van der Waals surface area contributed by atoms with E-state index >= 15 is 0 Å². The van der Waals surface area contributed by atoms with Gasteiger partial charge in [-0.05, 0) is 17.8 Å². The molecule has 1 saturated heterocycles. The van der Waals surface area contributed by atoms with Crippen LogP contribution in [0.2, 0.25) is 0 Å². The van der Waals surface area contributed by atoms with Gasteiger partial charge in [0, 0.05) is 20.2 Å². The number of hydrogen-bond donors (Lipinski definition) is 0. The van der Waals surface area contributed by atoms with Crippen molar-refractivity contribution in [3.8, 4) is 0 Å². The van der Waals surface area contributed by atoms with Gasteiger partial charge < -0.3 is 9.64 Å². The summed E-state index contributed by atoms with van der Waals surface area (Å²) < 4.78 is 4.92. The summed E-state index contributed by atoms with van der Waals surface area (Å²) in [5.41, 5.74) is 0.316. The molecule has 0 aromatic carbocycles. The first-order valence-corrected chi connectivity index (χ1v) is 5.72. The highest BCUT2D eigenvalue weighted by atomic mass is 16.5. The lowest BCUT2D eigenvalue weighted by molar-refractivity contribution is -0.131. The standard InChI is InChI=1S/C12H23NO2/c1-12(2,3)10-5-7-13(9-10)11(14)6-8-15-4/h10H,5-9H2,1-4H3. The van der Waals surface area contributed by atoms with Crippen molar-refractivity contribution in [2.75, 3.05) is 26.8 Å². The first kappa shape index (κ1) is 12.5. The van der Waals surface area contributed by atoms with Crippen LogP contribution < -0.4 is 0 Å². The third-order valence-corrected chi connectivity index (χ3v) is 3.29. The first-order chi connectivity index (χ1) is 6.95. The number of carbonyl (C=O) groups is 1. The molecule has 0 spiro atoms. The van der Waals surface area contributed by atoms with Crippen molar-refractivity contribution in [3.63, 3.8) is 0 Å². The van der Waals surface area contributed by atoms with E-state index in [9.17, 15) is 4.79 Å². The quantitative estimate of drug-likeness (QED) is 0.717. The summed E-state index contributed by atoms with van der Waals surface area (Å²) in [5.74, 6) is 0.882. The SMILES string of the molecule is COCCC(=O)N1CCC(C(C)(C)C)C1. The number of likely N-dealkylation sites (tertiary alicyclic amines) is 1. The number of carbonyl (C=O) groups excluding carboxylic acids is 1. The van der Waals surface area contributed by atoms with Crippen LogP contribution in [-0.4, -0.2) is 37.6 Å². The lowest BCUT2D eigenvalue weighted by Gasteiger charge is -2.26. The van der Waals surface area contributed by atoms with Crippen LogP contribution in [0.15, 0.2) is 0 Å². The first-order valence-electron chi connectivity index (χ1n) is 5.72. The maximum atomic E-state index is 11.7. The fourth-order valence-corrected chi connectivity index (χ4v) is 2.04. The monoisotopic (exact) mass is 213 g/mol. The fourth-order valence-electron chi connectivity index (χ4n) is 2.04. The van der Waals surface area contributed by atoms with Gasteiger partial charge in [-0.2, -0.15) is 0 Å². The molecule has 0 N–H and O–H groups in total. The van der Waals surface area contributed by atoms with Gasteiger partial charge in [0.15, 0.2) is 0 Å². The van der Waals surface area contributed by atoms with Gasteiger partial charge in [0.2, 0.25) is 5.91 Å². The lowest BCUT2D eigenvalue weighted by Crippen LogP contribution is -2.31. The third-order valence-electron chi connectivity index (χ3n) is 3.29. The minimum absolute atomic E-state index is 0.239. The van der Waals surface area contributed by atoms with Gasteiger partial charge in [0.1, 0.15) is 0 Å². The number of ether oxygens (including phenoxy) is 1. The highest BCUT2D eigenvalue weighted by Crippen LogP contribution is 2.33. The highest BCUT2D eigenvalue weighted by molar-refractivity contribution is 5.76. The Labute approximate surface area is 92.8 Å². The molecule has 0 saturated carbocycles. The second-order valence-corrected chi connectivity index (χ2v) is 5.43. The van der Waals surface area contributed by atoms with E-state index in [4.69, 9.17) is 4.74 Å². The Kier molecular flexibility index (Phi) is 4.14. The zero-order chi connectivity index (χ0) is 11.5. The van der Waals surface area contributed by atoms with Crippen molar-refractivity contribution in [2.24, 2.45) is 11.3 Å². The van der Waals surface area contributed by atoms with Crippen molar-refractivity contribution < 1.29 is 9.53 Å². The van der Waals surface area contributed by atoms with Gasteiger partial charge in [0.25, 0.3) is 0 Å². The van der Waals surface area contributed by atoms with E-state index in [1.165, 1.54) is 0 Å². The van der Waals surface area contributed by atoms with Crippen LogP contribution >= 0.6 is 0 Å². The van der Waals surface area contributed by atoms with Crippen LogP contribution in [0.5, 0.6) is 0 Å². The van der Waals surface area contributed by atoms with E-state index in [1.54, 1.807) is 7.11 Å². The molecular weight excluding hydrogens is 190 g/mol. The van der Waals surface area contributed by atoms with Gasteiger partial charge in [-0.25, -0.2) is 0 Å². The smallest absolute Gasteiger partial charge is 0.224 e. The molecule has 1 amide bonds. The Morgan fingerprint density at radius 1 is 1.47 bits per heavy atom. The van der Waals surface area contributed by atoms with Gasteiger partial charge in [-0.1, -0.05) is 20.8 Å². The Morgan fingerprint density at radius 2 is 2.13 bits per heavy atom. The van der Waals surface area contributed by atoms with Crippen molar-refractivity contribution in [1.82, 2.24) is 4.90 Å². The number of methoxy groups -OCH3 is 1. The van der Waals surface area contributed by atoms with E-state index in [-0.39, 0.29) is 5.91 Å². The fraction of sp³-hybridized carbons (Fsp3) is 0.917. The molecule has 3 nitrogen and oxygen atoms in total. The molecule has 1 heterocycles. The molecule has 3 heteroatoms. The Bertz CT molecular complexity index is 220. The van der Waals surface area contributed by atoms with Crippen molar-refractivity contribution >= 4 is 5.91 Å². The van der Waals surface area contributed by atoms with Crippen LogP contribution in [0.3, 0.4) is 0 Å². The maximum absolute atomic E-state index is 11.7. The van der Waals surface area contributed by atoms with Gasteiger partial charge in [-0.3, -0.25) is 4.79 Å². The molecule has 0 aliphatic carbocycles. The molecule has 1 aliphatic rings. The average Bonchev–Trinajstić information content (AvgIpc) is 2.62. The van der Waals surface area contributed by atoms with Crippen molar-refractivity contribution in [2.45, 2.75) is 33.6 Å². The van der Waals surface area contributed by atoms with Crippen LogP contribution in [0.25, 0.3) is 0 Å². The van der Waals surface area contributed by atoms with Crippen LogP contribution in [-0.2, 0) is 9.53 Å². The maximum Gasteiger partial charge on any atom is 0.224 e. The summed E-state index contributed by atoms with van der Waals surface area (Å²) in [6.07, 6.45) is 1.66. The Balaban J connectivity index is 2.39. The van der Waals surface area contributed by atoms with Gasteiger partial charge in [-0.15, -0.1) is 0 Å². The summed E-state index contributed by atoms with van der Waals surface area (Å²) in [6, 6.07) is 0. The molecule has 1 aliphatic heterocycles. The molecule has 1 atom stereocenters. The van der Waals surface area contributed by atoms with E-state index < -0.39 is 0 Å². The normalized spacial score (nSPS) is 22.1. The number of amides is 1. The molecule has 1 rings (SSSR count). The largest absolute Gasteiger partial charge is 0.384 e. The number of rotatable bonds is 3. The van der Waals surface area contributed by atoms with Crippen LogP contribution in [0.1, 0.15) is 33.6 Å². The van der Waals surface area contributed by atoms with Crippen LogP contribution in [0.4, 0.5) is 0 Å². The topological polar surface area (TPSA) is 29.5 Å². The second-order valence-electron chi connectivity index (χ2n) is 5.43. The van der Waals surface area contributed by atoms with Crippen molar-refractivity contribution in [1.29, 1.82) is 0 Å². The Morgan fingerprint density at radius 3 is 2.60 bits per heavy atom. The molecule has 0 bridgehead atoms. The third kappa shape index (κ3) is 3.49. The molecule has 15 heavy (non-hydrogen) atoms. The average molecular weight is 213 g/mol. The molecule has 0 aromatic rings. The summed E-state index contributed by atoms with van der Waals surface area (Å²) >= 11 is 0. The zero-order valence-corrected chi connectivity index (χ0v) is 10.4. The lowest BCUT2D eigenvalue weighted by atomic mass is 9.80. The van der Waals surface area contributed by atoms with E-state index in [2.05, 4.69) is 20.8 Å². The molecule has 0 radical (unpaired) electrons. The molecule has 1 fully saturated rings. The van der Waals surface area contributed by atoms with Crippen molar-refractivity contribution in [3.05, 3.63) is 0 Å². The molecular formula is C12H23NO2. The highest BCUT2D eigenvalue weighted by Gasteiger charge is 2.33. The van der Waals surface area contributed by atoms with Gasteiger partial charge >= 0.3 is 0 Å². The molecule has 88 valence electrons. The number of hydrogen-bond acceptors (Lipinski definition) is 2. The summed E-state index contributed by atoms with van der Waals surface area (Å²) in [5, 5.41) is 0. The van der Waals surface area contributed by atoms with E-state index in [0.717, 1.165) is 19.5 Å². The van der Waals surface area contributed by atoms with E-state index in [1.807, 2.05) is 4.90 Å². The molecule has 1 unspecified atom stereocenters. The predicted molar refractivity (Wildman–Crippen MR) is 60.6 cm³/mol.